The van der Waals surface area contributed by atoms with Gasteiger partial charge in [0.15, 0.2) is 9.84 Å². The van der Waals surface area contributed by atoms with Crippen LogP contribution in [0.4, 0.5) is 4.39 Å². The summed E-state index contributed by atoms with van der Waals surface area (Å²) in [5, 5.41) is 2.68. The summed E-state index contributed by atoms with van der Waals surface area (Å²) in [5.41, 5.74) is -0.632. The molecule has 0 saturated carbocycles. The van der Waals surface area contributed by atoms with Crippen molar-refractivity contribution in [3.63, 3.8) is 0 Å². The van der Waals surface area contributed by atoms with Crippen LogP contribution in [-0.4, -0.2) is 31.4 Å². The number of sulfone groups is 1. The van der Waals surface area contributed by atoms with Gasteiger partial charge in [0, 0.05) is 4.47 Å². The molecule has 0 spiro atoms. The van der Waals surface area contributed by atoms with E-state index in [1.807, 2.05) is 0 Å². The van der Waals surface area contributed by atoms with Gasteiger partial charge in [0.25, 0.3) is 5.91 Å². The first kappa shape index (κ1) is 14.5. The second-order valence-electron chi connectivity index (χ2n) is 4.98. The monoisotopic (exact) mass is 349 g/mol. The Labute approximate surface area is 119 Å². The van der Waals surface area contributed by atoms with Crippen LogP contribution in [0.3, 0.4) is 0 Å². The molecule has 1 aromatic carbocycles. The summed E-state index contributed by atoms with van der Waals surface area (Å²) in [6.45, 7) is 1.68. The normalized spacial score (nSPS) is 25.2. The fourth-order valence-electron chi connectivity index (χ4n) is 2.12. The number of rotatable bonds is 2. The lowest BCUT2D eigenvalue weighted by Gasteiger charge is -2.24. The quantitative estimate of drug-likeness (QED) is 0.886. The number of nitrogens with one attached hydrogen (secondary N) is 1. The van der Waals surface area contributed by atoms with Gasteiger partial charge in [0.05, 0.1) is 22.6 Å². The molecule has 1 amide bonds. The number of halogens is 2. The van der Waals surface area contributed by atoms with Crippen molar-refractivity contribution in [1.29, 1.82) is 0 Å². The molecule has 1 aliphatic heterocycles. The largest absolute Gasteiger partial charge is 0.346 e. The van der Waals surface area contributed by atoms with Crippen LogP contribution in [0.5, 0.6) is 0 Å². The molecule has 0 unspecified atom stereocenters. The van der Waals surface area contributed by atoms with Crippen LogP contribution in [0.25, 0.3) is 0 Å². The summed E-state index contributed by atoms with van der Waals surface area (Å²) in [7, 11) is -3.10. The van der Waals surface area contributed by atoms with Gasteiger partial charge in [-0.15, -0.1) is 0 Å². The fourth-order valence-corrected chi connectivity index (χ4v) is 4.64. The Balaban J connectivity index is 2.20. The van der Waals surface area contributed by atoms with E-state index in [9.17, 15) is 17.6 Å². The Morgan fingerprint density at radius 3 is 2.74 bits per heavy atom. The maximum atomic E-state index is 13.1. The lowest BCUT2D eigenvalue weighted by Crippen LogP contribution is -2.47. The minimum atomic E-state index is -3.10. The number of carbonyl (C=O) groups is 1. The van der Waals surface area contributed by atoms with Crippen LogP contribution in [0.2, 0.25) is 0 Å². The van der Waals surface area contributed by atoms with E-state index in [2.05, 4.69) is 21.2 Å². The van der Waals surface area contributed by atoms with E-state index in [4.69, 9.17) is 0 Å². The Morgan fingerprint density at radius 1 is 1.47 bits per heavy atom. The lowest BCUT2D eigenvalue weighted by atomic mass is 10.0. The zero-order valence-electron chi connectivity index (χ0n) is 10.2. The third-order valence-corrected chi connectivity index (χ3v) is 5.69. The molecule has 2 rings (SSSR count). The second-order valence-corrected chi connectivity index (χ2v) is 8.02. The number of amides is 1. The first-order chi connectivity index (χ1) is 8.71. The zero-order chi connectivity index (χ0) is 14.3. The van der Waals surface area contributed by atoms with Gasteiger partial charge in [0.2, 0.25) is 0 Å². The van der Waals surface area contributed by atoms with Crippen molar-refractivity contribution in [3.8, 4) is 0 Å². The number of benzene rings is 1. The minimum absolute atomic E-state index is 0.0636. The molecular weight excluding hydrogens is 337 g/mol. The molecule has 1 fully saturated rings. The lowest BCUT2D eigenvalue weighted by molar-refractivity contribution is 0.0914. The summed E-state index contributed by atoms with van der Waals surface area (Å²) in [4.78, 5) is 12.1. The summed E-state index contributed by atoms with van der Waals surface area (Å²) in [5.74, 6) is -1.02. The zero-order valence-corrected chi connectivity index (χ0v) is 12.6. The molecule has 0 radical (unpaired) electrons. The van der Waals surface area contributed by atoms with Crippen molar-refractivity contribution in [2.24, 2.45) is 0 Å². The molecule has 0 bridgehead atoms. The Bertz CT molecular complexity index is 632. The van der Waals surface area contributed by atoms with E-state index < -0.39 is 27.1 Å². The SMILES string of the molecule is C[C@@]1(NC(=O)c2cc(F)ccc2Br)CCS(=O)(=O)C1. The molecule has 1 atom stereocenters. The van der Waals surface area contributed by atoms with Crippen molar-refractivity contribution in [3.05, 3.63) is 34.1 Å². The Morgan fingerprint density at radius 2 is 2.16 bits per heavy atom. The van der Waals surface area contributed by atoms with E-state index in [1.54, 1.807) is 6.92 Å². The molecular formula is C12H13BrFNO3S. The van der Waals surface area contributed by atoms with Crippen LogP contribution in [-0.2, 0) is 9.84 Å². The van der Waals surface area contributed by atoms with Crippen molar-refractivity contribution in [2.45, 2.75) is 18.9 Å². The molecule has 7 heteroatoms. The van der Waals surface area contributed by atoms with E-state index in [0.717, 1.165) is 6.07 Å². The highest BCUT2D eigenvalue weighted by atomic mass is 79.9. The van der Waals surface area contributed by atoms with Crippen LogP contribution < -0.4 is 5.32 Å². The van der Waals surface area contributed by atoms with Gasteiger partial charge in [-0.25, -0.2) is 12.8 Å². The first-order valence-electron chi connectivity index (χ1n) is 5.69. The second kappa shape index (κ2) is 4.86. The van der Waals surface area contributed by atoms with Gasteiger partial charge >= 0.3 is 0 Å². The maximum absolute atomic E-state index is 13.1. The van der Waals surface area contributed by atoms with Crippen LogP contribution in [0, 0.1) is 5.82 Å². The van der Waals surface area contributed by atoms with E-state index >= 15 is 0 Å². The topological polar surface area (TPSA) is 63.2 Å². The highest BCUT2D eigenvalue weighted by molar-refractivity contribution is 9.10. The molecule has 1 saturated heterocycles. The molecule has 1 aliphatic rings. The summed E-state index contributed by atoms with van der Waals surface area (Å²) >= 11 is 3.17. The molecule has 0 aliphatic carbocycles. The Hall–Kier alpha value is -0.950. The molecule has 19 heavy (non-hydrogen) atoms. The minimum Gasteiger partial charge on any atom is -0.346 e. The standard InChI is InChI=1S/C12H13BrFNO3S/c1-12(4-5-19(17,18)7-12)15-11(16)9-6-8(14)2-3-10(9)13/h2-3,6H,4-5,7H2,1H3,(H,15,16)/t12-/m1/s1. The smallest absolute Gasteiger partial charge is 0.252 e. The van der Waals surface area contributed by atoms with Gasteiger partial charge in [0.1, 0.15) is 5.82 Å². The van der Waals surface area contributed by atoms with E-state index in [0.29, 0.717) is 10.9 Å². The van der Waals surface area contributed by atoms with Gasteiger partial charge in [-0.05, 0) is 47.5 Å². The molecule has 0 aromatic heterocycles. The number of carbonyl (C=O) groups excluding carboxylic acids is 1. The van der Waals surface area contributed by atoms with Crippen molar-refractivity contribution in [1.82, 2.24) is 5.32 Å². The van der Waals surface area contributed by atoms with Gasteiger partial charge in [-0.2, -0.15) is 0 Å². The molecule has 4 nitrogen and oxygen atoms in total. The van der Waals surface area contributed by atoms with Gasteiger partial charge < -0.3 is 5.32 Å². The van der Waals surface area contributed by atoms with E-state index in [-0.39, 0.29) is 17.1 Å². The third-order valence-electron chi connectivity index (χ3n) is 3.09. The molecule has 104 valence electrons. The average Bonchev–Trinajstić information content (AvgIpc) is 2.56. The molecule has 1 aromatic rings. The van der Waals surface area contributed by atoms with Crippen molar-refractivity contribution >= 4 is 31.7 Å². The first-order valence-corrected chi connectivity index (χ1v) is 8.30. The molecule has 1 heterocycles. The Kier molecular flexibility index (Phi) is 3.70. The van der Waals surface area contributed by atoms with Crippen LogP contribution >= 0.6 is 15.9 Å². The maximum Gasteiger partial charge on any atom is 0.252 e. The average molecular weight is 350 g/mol. The fraction of sp³-hybridized carbons (Fsp3) is 0.417. The highest BCUT2D eigenvalue weighted by Gasteiger charge is 2.39. The predicted molar refractivity (Wildman–Crippen MR) is 73.2 cm³/mol. The summed E-state index contributed by atoms with van der Waals surface area (Å²) in [6, 6.07) is 3.80. The van der Waals surface area contributed by atoms with Crippen LogP contribution in [0.15, 0.2) is 22.7 Å². The summed E-state index contributed by atoms with van der Waals surface area (Å²) in [6.07, 6.45) is 0.369. The van der Waals surface area contributed by atoms with Crippen molar-refractivity contribution in [2.75, 3.05) is 11.5 Å². The third kappa shape index (κ3) is 3.33. The number of hydrogen-bond donors (Lipinski definition) is 1. The van der Waals surface area contributed by atoms with Gasteiger partial charge in [-0.1, -0.05) is 0 Å². The molecule has 1 N–H and O–H groups in total. The predicted octanol–water partition coefficient (Wildman–Crippen LogP) is 1.90. The summed E-state index contributed by atoms with van der Waals surface area (Å²) < 4.78 is 36.5. The van der Waals surface area contributed by atoms with E-state index in [1.165, 1.54) is 12.1 Å². The van der Waals surface area contributed by atoms with Crippen LogP contribution in [0.1, 0.15) is 23.7 Å². The highest BCUT2D eigenvalue weighted by Crippen LogP contribution is 2.25. The van der Waals surface area contributed by atoms with Crippen molar-refractivity contribution < 1.29 is 17.6 Å². The van der Waals surface area contributed by atoms with Gasteiger partial charge in [-0.3, -0.25) is 4.79 Å². The number of hydrogen-bond acceptors (Lipinski definition) is 3.